The topological polar surface area (TPSA) is 75.4 Å². The van der Waals surface area contributed by atoms with E-state index in [0.717, 1.165) is 12.1 Å². The number of carbonyl (C=O) groups excluding carboxylic acids is 2. The fourth-order valence-electron chi connectivity index (χ4n) is 3.37. The summed E-state index contributed by atoms with van der Waals surface area (Å²) in [5, 5.41) is 6.73. The second kappa shape index (κ2) is 7.67. The Balaban J connectivity index is 1.60. The zero-order valence-corrected chi connectivity index (χ0v) is 16.3. The maximum Gasteiger partial charge on any atom is 0.261 e. The van der Waals surface area contributed by atoms with Gasteiger partial charge in [-0.2, -0.15) is 0 Å². The van der Waals surface area contributed by atoms with Gasteiger partial charge in [-0.1, -0.05) is 22.8 Å². The molecule has 1 aliphatic rings. The first-order chi connectivity index (χ1) is 14.0. The molecule has 1 aliphatic heterocycles. The Labute approximate surface area is 171 Å². The number of rotatable bonds is 4. The lowest BCUT2D eigenvalue weighted by Crippen LogP contribution is -2.23. The minimum absolute atomic E-state index is 0.0130. The molecule has 29 heavy (non-hydrogen) atoms. The smallest absolute Gasteiger partial charge is 0.261 e. The van der Waals surface area contributed by atoms with Crippen molar-refractivity contribution in [2.24, 2.45) is 0 Å². The number of aryl methyl sites for hydroxylation is 1. The van der Waals surface area contributed by atoms with Crippen LogP contribution in [0, 0.1) is 12.7 Å². The monoisotopic (exact) mass is 413 g/mol. The summed E-state index contributed by atoms with van der Waals surface area (Å²) in [6.45, 7) is 2.26. The fourth-order valence-corrected chi connectivity index (χ4v) is 3.63. The predicted octanol–water partition coefficient (Wildman–Crippen LogP) is 4.82. The molecule has 0 atom stereocenters. The molecule has 0 bridgehead atoms. The summed E-state index contributed by atoms with van der Waals surface area (Å²) in [6, 6.07) is 11.2. The molecule has 2 heterocycles. The minimum Gasteiger partial charge on any atom is -0.360 e. The molecule has 1 N–H and O–H groups in total. The van der Waals surface area contributed by atoms with Gasteiger partial charge in [0.05, 0.1) is 10.6 Å². The van der Waals surface area contributed by atoms with Crippen molar-refractivity contribution in [2.45, 2.75) is 19.8 Å². The molecule has 0 spiro atoms. The van der Waals surface area contributed by atoms with Gasteiger partial charge in [0.25, 0.3) is 5.91 Å². The van der Waals surface area contributed by atoms with Crippen LogP contribution in [0.1, 0.15) is 29.0 Å². The number of benzene rings is 2. The van der Waals surface area contributed by atoms with E-state index >= 15 is 0 Å². The zero-order valence-electron chi connectivity index (χ0n) is 15.5. The van der Waals surface area contributed by atoms with Gasteiger partial charge in [0.15, 0.2) is 0 Å². The van der Waals surface area contributed by atoms with E-state index in [1.165, 1.54) is 18.2 Å². The average Bonchev–Trinajstić information content (AvgIpc) is 3.28. The number of hydrogen-bond acceptors (Lipinski definition) is 4. The number of aromatic nitrogens is 1. The number of nitrogens with zero attached hydrogens (tertiary/aromatic N) is 2. The summed E-state index contributed by atoms with van der Waals surface area (Å²) < 4.78 is 19.4. The number of halogens is 2. The van der Waals surface area contributed by atoms with Gasteiger partial charge in [0.2, 0.25) is 5.91 Å². The maximum absolute atomic E-state index is 14.3. The highest BCUT2D eigenvalue weighted by molar-refractivity contribution is 6.33. The van der Waals surface area contributed by atoms with Crippen LogP contribution in [-0.2, 0) is 4.79 Å². The third kappa shape index (κ3) is 3.61. The van der Waals surface area contributed by atoms with Crippen molar-refractivity contribution in [1.82, 2.24) is 5.16 Å². The first-order valence-corrected chi connectivity index (χ1v) is 9.46. The van der Waals surface area contributed by atoms with Crippen LogP contribution in [-0.4, -0.2) is 23.5 Å². The first kappa shape index (κ1) is 19.1. The van der Waals surface area contributed by atoms with Crippen LogP contribution in [0.15, 0.2) is 47.0 Å². The summed E-state index contributed by atoms with van der Waals surface area (Å²) in [6.07, 6.45) is 1.39. The molecule has 0 saturated carbocycles. The molecule has 2 amide bonds. The number of anilines is 2. The van der Waals surface area contributed by atoms with Crippen LogP contribution in [0.2, 0.25) is 5.02 Å². The Morgan fingerprint density at radius 2 is 2.00 bits per heavy atom. The van der Waals surface area contributed by atoms with E-state index in [1.54, 1.807) is 36.1 Å². The molecule has 1 fully saturated rings. The van der Waals surface area contributed by atoms with Crippen LogP contribution < -0.4 is 10.2 Å². The number of amides is 2. The van der Waals surface area contributed by atoms with E-state index < -0.39 is 11.7 Å². The van der Waals surface area contributed by atoms with E-state index in [9.17, 15) is 14.0 Å². The van der Waals surface area contributed by atoms with E-state index in [-0.39, 0.29) is 33.5 Å². The second-order valence-corrected chi connectivity index (χ2v) is 7.12. The van der Waals surface area contributed by atoms with Crippen LogP contribution in [0.3, 0.4) is 0 Å². The molecule has 4 rings (SSSR count). The highest BCUT2D eigenvalue weighted by atomic mass is 35.5. The quantitative estimate of drug-likeness (QED) is 0.665. The Hall–Kier alpha value is -3.19. The maximum atomic E-state index is 14.3. The van der Waals surface area contributed by atoms with Crippen molar-refractivity contribution in [2.75, 3.05) is 16.8 Å². The standard InChI is InChI=1S/C21H17ClFN3O3/c1-12-18(20(25-29-12)19-15(22)4-2-5-16(19)23)21(28)24-13-7-9-14(10-8-13)26-11-3-6-17(26)27/h2,4-5,7-10H,3,6,11H2,1H3,(H,24,28). The first-order valence-electron chi connectivity index (χ1n) is 9.08. The summed E-state index contributed by atoms with van der Waals surface area (Å²) in [5.41, 5.74) is 1.47. The highest BCUT2D eigenvalue weighted by Gasteiger charge is 2.26. The zero-order chi connectivity index (χ0) is 20.5. The van der Waals surface area contributed by atoms with E-state index in [0.29, 0.717) is 18.7 Å². The van der Waals surface area contributed by atoms with Crippen molar-refractivity contribution >= 4 is 34.8 Å². The number of carbonyl (C=O) groups is 2. The van der Waals surface area contributed by atoms with Crippen molar-refractivity contribution in [1.29, 1.82) is 0 Å². The van der Waals surface area contributed by atoms with Gasteiger partial charge in [-0.25, -0.2) is 4.39 Å². The minimum atomic E-state index is -0.598. The van der Waals surface area contributed by atoms with Crippen molar-refractivity contribution in [3.05, 3.63) is 64.6 Å². The van der Waals surface area contributed by atoms with E-state index in [2.05, 4.69) is 10.5 Å². The third-order valence-corrected chi connectivity index (χ3v) is 5.11. The molecule has 0 radical (unpaired) electrons. The molecule has 1 saturated heterocycles. The molecule has 6 nitrogen and oxygen atoms in total. The summed E-state index contributed by atoms with van der Waals surface area (Å²) >= 11 is 6.12. The predicted molar refractivity (Wildman–Crippen MR) is 108 cm³/mol. The SMILES string of the molecule is Cc1onc(-c2c(F)cccc2Cl)c1C(=O)Nc1ccc(N2CCCC2=O)cc1. The lowest BCUT2D eigenvalue weighted by Gasteiger charge is -2.16. The van der Waals surface area contributed by atoms with Gasteiger partial charge in [-0.3, -0.25) is 9.59 Å². The summed E-state index contributed by atoms with van der Waals surface area (Å²) in [7, 11) is 0. The number of hydrogen-bond donors (Lipinski definition) is 1. The number of nitrogens with one attached hydrogen (secondary N) is 1. The molecule has 1 aromatic heterocycles. The van der Waals surface area contributed by atoms with Crippen molar-refractivity contribution in [3.63, 3.8) is 0 Å². The van der Waals surface area contributed by atoms with Gasteiger partial charge >= 0.3 is 0 Å². The normalized spacial score (nSPS) is 13.8. The fraction of sp³-hybridized carbons (Fsp3) is 0.190. The average molecular weight is 414 g/mol. The van der Waals surface area contributed by atoms with Crippen molar-refractivity contribution in [3.8, 4) is 11.3 Å². The summed E-state index contributed by atoms with van der Waals surface area (Å²) in [4.78, 5) is 26.4. The second-order valence-electron chi connectivity index (χ2n) is 6.71. The molecule has 0 aliphatic carbocycles. The lowest BCUT2D eigenvalue weighted by atomic mass is 10.0. The van der Waals surface area contributed by atoms with Gasteiger partial charge in [0, 0.05) is 24.3 Å². The van der Waals surface area contributed by atoms with E-state index in [4.69, 9.17) is 16.1 Å². The molecule has 0 unspecified atom stereocenters. The van der Waals surface area contributed by atoms with Crippen LogP contribution in [0.5, 0.6) is 0 Å². The molecular formula is C21H17ClFN3O3. The van der Waals surface area contributed by atoms with Gasteiger partial charge in [0.1, 0.15) is 22.8 Å². The Morgan fingerprint density at radius 3 is 2.66 bits per heavy atom. The van der Waals surface area contributed by atoms with Gasteiger partial charge in [-0.15, -0.1) is 0 Å². The molecular weight excluding hydrogens is 397 g/mol. The molecule has 3 aromatic rings. The molecule has 2 aromatic carbocycles. The Bertz CT molecular complexity index is 1070. The molecule has 148 valence electrons. The van der Waals surface area contributed by atoms with Crippen LogP contribution in [0.25, 0.3) is 11.3 Å². The Morgan fingerprint density at radius 1 is 1.24 bits per heavy atom. The van der Waals surface area contributed by atoms with Gasteiger partial charge < -0.3 is 14.7 Å². The lowest BCUT2D eigenvalue weighted by molar-refractivity contribution is -0.117. The third-order valence-electron chi connectivity index (χ3n) is 4.80. The Kier molecular flexibility index (Phi) is 5.07. The van der Waals surface area contributed by atoms with Crippen molar-refractivity contribution < 1.29 is 18.5 Å². The van der Waals surface area contributed by atoms with Crippen LogP contribution >= 0.6 is 11.6 Å². The van der Waals surface area contributed by atoms with Crippen LogP contribution in [0.4, 0.5) is 15.8 Å². The largest absolute Gasteiger partial charge is 0.360 e. The highest BCUT2D eigenvalue weighted by Crippen LogP contribution is 2.34. The van der Waals surface area contributed by atoms with E-state index in [1.807, 2.05) is 0 Å². The van der Waals surface area contributed by atoms with Gasteiger partial charge in [-0.05, 0) is 49.7 Å². The molecule has 8 heteroatoms. The summed E-state index contributed by atoms with van der Waals surface area (Å²) in [5.74, 6) is -0.757.